The van der Waals surface area contributed by atoms with Gasteiger partial charge in [0.25, 0.3) is 0 Å². The lowest BCUT2D eigenvalue weighted by Crippen LogP contribution is -2.28. The summed E-state index contributed by atoms with van der Waals surface area (Å²) in [6.07, 6.45) is 5.32. The van der Waals surface area contributed by atoms with Crippen LogP contribution >= 0.6 is 0 Å². The van der Waals surface area contributed by atoms with Crippen LogP contribution in [-0.4, -0.2) is 34.0 Å². The Balaban J connectivity index is 2.13. The van der Waals surface area contributed by atoms with Crippen LogP contribution in [-0.2, 0) is 0 Å². The minimum atomic E-state index is -0.987. The van der Waals surface area contributed by atoms with Crippen molar-refractivity contribution in [3.63, 3.8) is 0 Å². The van der Waals surface area contributed by atoms with Crippen molar-refractivity contribution in [2.75, 3.05) is 7.05 Å². The second kappa shape index (κ2) is 8.35. The molecule has 0 fully saturated rings. The summed E-state index contributed by atoms with van der Waals surface area (Å²) in [5.41, 5.74) is 2.13. The standard InChI is InChI=1S/C22H21N3O3/c1-3-5-18(23-2)25-19(15-7-9-16(10-8-15)22(27)28)17-12-11-14-6-4-13-24-20(14)21(17)26/h3-13,19,26H,1-2H3,(H,23,25)(H,27,28)/b5-3-. The number of pyridine rings is 1. The summed E-state index contributed by atoms with van der Waals surface area (Å²) >= 11 is 0. The topological polar surface area (TPSA) is 94.8 Å². The SMILES string of the molecule is C/C=C\C(=NC)NC(c1ccc(C(=O)O)cc1)c1ccc2cccnc2c1O. The van der Waals surface area contributed by atoms with E-state index in [1.165, 1.54) is 0 Å². The molecule has 1 atom stereocenters. The quantitative estimate of drug-likeness (QED) is 0.464. The Morgan fingerprint density at radius 2 is 1.93 bits per heavy atom. The first-order valence-corrected chi connectivity index (χ1v) is 8.81. The molecule has 1 aromatic heterocycles. The molecule has 2 aromatic carbocycles. The number of phenols is 1. The number of nitrogens with zero attached hydrogens (tertiary/aromatic N) is 2. The third-order valence-electron chi connectivity index (χ3n) is 4.44. The molecule has 6 heteroatoms. The lowest BCUT2D eigenvalue weighted by Gasteiger charge is -2.22. The van der Waals surface area contributed by atoms with Gasteiger partial charge in [0.1, 0.15) is 17.1 Å². The Labute approximate surface area is 162 Å². The number of rotatable bonds is 5. The van der Waals surface area contributed by atoms with E-state index >= 15 is 0 Å². The summed E-state index contributed by atoms with van der Waals surface area (Å²) in [6, 6.07) is 13.5. The average molecular weight is 375 g/mol. The number of fused-ring (bicyclic) bond motifs is 1. The molecule has 3 N–H and O–H groups in total. The van der Waals surface area contributed by atoms with E-state index in [0.29, 0.717) is 16.9 Å². The third kappa shape index (κ3) is 3.86. The molecular formula is C22H21N3O3. The number of phenolic OH excluding ortho intramolecular Hbond substituents is 1. The lowest BCUT2D eigenvalue weighted by molar-refractivity contribution is 0.0697. The zero-order valence-electron chi connectivity index (χ0n) is 15.6. The molecule has 0 saturated heterocycles. The minimum absolute atomic E-state index is 0.0776. The van der Waals surface area contributed by atoms with Crippen LogP contribution in [0.5, 0.6) is 5.75 Å². The summed E-state index contributed by atoms with van der Waals surface area (Å²) in [6.45, 7) is 1.89. The number of aromatic carboxylic acids is 1. The molecule has 142 valence electrons. The molecule has 0 aliphatic heterocycles. The Morgan fingerprint density at radius 1 is 1.18 bits per heavy atom. The van der Waals surface area contributed by atoms with Crippen LogP contribution in [0.4, 0.5) is 0 Å². The van der Waals surface area contributed by atoms with E-state index in [4.69, 9.17) is 5.11 Å². The molecule has 0 radical (unpaired) electrons. The Hall–Kier alpha value is -3.67. The first-order valence-electron chi connectivity index (χ1n) is 8.81. The zero-order chi connectivity index (χ0) is 20.1. The van der Waals surface area contributed by atoms with Crippen molar-refractivity contribution in [1.29, 1.82) is 0 Å². The van der Waals surface area contributed by atoms with Gasteiger partial charge in [-0.25, -0.2) is 4.79 Å². The lowest BCUT2D eigenvalue weighted by atomic mass is 9.95. The second-order valence-corrected chi connectivity index (χ2v) is 6.19. The maximum absolute atomic E-state index is 11.2. The second-order valence-electron chi connectivity index (χ2n) is 6.19. The number of aliphatic imine (C=N–C) groups is 1. The number of carbonyl (C=O) groups is 1. The van der Waals surface area contributed by atoms with Crippen LogP contribution in [0.3, 0.4) is 0 Å². The van der Waals surface area contributed by atoms with Crippen LogP contribution < -0.4 is 5.32 Å². The summed E-state index contributed by atoms with van der Waals surface area (Å²) in [7, 11) is 1.68. The highest BCUT2D eigenvalue weighted by Crippen LogP contribution is 2.34. The number of hydrogen-bond donors (Lipinski definition) is 3. The van der Waals surface area contributed by atoms with Crippen LogP contribution in [0.15, 0.2) is 71.9 Å². The number of allylic oxidation sites excluding steroid dienone is 1. The largest absolute Gasteiger partial charge is 0.505 e. The highest BCUT2D eigenvalue weighted by molar-refractivity contribution is 5.94. The zero-order valence-corrected chi connectivity index (χ0v) is 15.6. The fourth-order valence-electron chi connectivity index (χ4n) is 3.03. The van der Waals surface area contributed by atoms with Gasteiger partial charge < -0.3 is 15.5 Å². The van der Waals surface area contributed by atoms with E-state index < -0.39 is 12.0 Å². The number of aromatic hydroxyl groups is 1. The summed E-state index contributed by atoms with van der Waals surface area (Å²) in [5.74, 6) is -0.275. The fourth-order valence-corrected chi connectivity index (χ4v) is 3.03. The number of carboxylic acids is 1. The molecule has 28 heavy (non-hydrogen) atoms. The Bertz CT molecular complexity index is 1060. The smallest absolute Gasteiger partial charge is 0.335 e. The van der Waals surface area contributed by atoms with Gasteiger partial charge in [-0.05, 0) is 36.8 Å². The third-order valence-corrected chi connectivity index (χ3v) is 4.44. The highest BCUT2D eigenvalue weighted by Gasteiger charge is 2.21. The number of nitrogens with one attached hydrogen (secondary N) is 1. The monoisotopic (exact) mass is 375 g/mol. The van der Waals surface area contributed by atoms with Crippen LogP contribution in [0.1, 0.15) is 34.5 Å². The van der Waals surface area contributed by atoms with Crippen molar-refractivity contribution < 1.29 is 15.0 Å². The van der Waals surface area contributed by atoms with Crippen LogP contribution in [0.25, 0.3) is 10.9 Å². The molecule has 0 aliphatic carbocycles. The van der Waals surface area contributed by atoms with Crippen LogP contribution in [0.2, 0.25) is 0 Å². The molecule has 0 spiro atoms. The average Bonchev–Trinajstić information content (AvgIpc) is 2.72. The van der Waals surface area contributed by atoms with E-state index in [0.717, 1.165) is 10.9 Å². The molecule has 3 rings (SSSR count). The molecule has 1 unspecified atom stereocenters. The van der Waals surface area contributed by atoms with Gasteiger partial charge in [0.05, 0.1) is 11.6 Å². The van der Waals surface area contributed by atoms with Crippen molar-refractivity contribution in [3.05, 3.63) is 83.6 Å². The molecule has 1 heterocycles. The van der Waals surface area contributed by atoms with E-state index in [-0.39, 0.29) is 11.3 Å². The minimum Gasteiger partial charge on any atom is -0.505 e. The number of benzene rings is 2. The van der Waals surface area contributed by atoms with Crippen molar-refractivity contribution in [2.24, 2.45) is 4.99 Å². The van der Waals surface area contributed by atoms with Crippen molar-refractivity contribution in [3.8, 4) is 5.75 Å². The molecule has 0 saturated carbocycles. The summed E-state index contributed by atoms with van der Waals surface area (Å²) in [5, 5.41) is 24.2. The van der Waals surface area contributed by atoms with Gasteiger partial charge in [-0.2, -0.15) is 0 Å². The molecule has 0 bridgehead atoms. The fraction of sp³-hybridized carbons (Fsp3) is 0.136. The summed E-state index contributed by atoms with van der Waals surface area (Å²) < 4.78 is 0. The molecule has 0 aliphatic rings. The first kappa shape index (κ1) is 19.1. The van der Waals surface area contributed by atoms with Gasteiger partial charge in [-0.1, -0.05) is 36.4 Å². The van der Waals surface area contributed by atoms with Crippen molar-refractivity contribution in [1.82, 2.24) is 10.3 Å². The maximum Gasteiger partial charge on any atom is 0.335 e. The van der Waals surface area contributed by atoms with Gasteiger partial charge in [0.15, 0.2) is 0 Å². The van der Waals surface area contributed by atoms with Crippen LogP contribution in [0, 0.1) is 0 Å². The first-order chi connectivity index (χ1) is 13.5. The molecule has 0 amide bonds. The molecule has 3 aromatic rings. The predicted molar refractivity (Wildman–Crippen MR) is 110 cm³/mol. The van der Waals surface area contributed by atoms with E-state index in [1.54, 1.807) is 37.5 Å². The van der Waals surface area contributed by atoms with E-state index in [2.05, 4.69) is 15.3 Å². The van der Waals surface area contributed by atoms with E-state index in [1.807, 2.05) is 43.3 Å². The van der Waals surface area contributed by atoms with E-state index in [9.17, 15) is 9.90 Å². The highest BCUT2D eigenvalue weighted by atomic mass is 16.4. The van der Waals surface area contributed by atoms with Gasteiger partial charge in [-0.3, -0.25) is 9.98 Å². The number of hydrogen-bond acceptors (Lipinski definition) is 4. The number of amidine groups is 1. The van der Waals surface area contributed by atoms with Crippen molar-refractivity contribution >= 4 is 22.7 Å². The van der Waals surface area contributed by atoms with Gasteiger partial charge in [0, 0.05) is 24.2 Å². The van der Waals surface area contributed by atoms with Crippen molar-refractivity contribution in [2.45, 2.75) is 13.0 Å². The summed E-state index contributed by atoms with van der Waals surface area (Å²) in [4.78, 5) is 19.7. The number of carboxylic acid groups (broad SMARTS) is 1. The van der Waals surface area contributed by atoms with Gasteiger partial charge >= 0.3 is 5.97 Å². The molecule has 6 nitrogen and oxygen atoms in total. The molecular weight excluding hydrogens is 354 g/mol. The maximum atomic E-state index is 11.2. The Morgan fingerprint density at radius 3 is 2.57 bits per heavy atom. The van der Waals surface area contributed by atoms with Gasteiger partial charge in [-0.15, -0.1) is 0 Å². The van der Waals surface area contributed by atoms with Gasteiger partial charge in [0.2, 0.25) is 0 Å². The number of aromatic nitrogens is 1. The normalized spacial score (nSPS) is 13.0. The Kier molecular flexibility index (Phi) is 5.69. The predicted octanol–water partition coefficient (Wildman–Crippen LogP) is 3.92.